The number of piperidine rings is 1. The van der Waals surface area contributed by atoms with E-state index in [0.29, 0.717) is 18.9 Å². The number of rotatable bonds is 6. The van der Waals surface area contributed by atoms with Gasteiger partial charge in [0, 0.05) is 12.1 Å². The quantitative estimate of drug-likeness (QED) is 0.856. The minimum absolute atomic E-state index is 0.104. The molecule has 1 aliphatic heterocycles. The summed E-state index contributed by atoms with van der Waals surface area (Å²) in [7, 11) is 0. The fraction of sp³-hybridized carbons (Fsp3) is 0.471. The number of benzene rings is 1. The molecule has 6 nitrogen and oxygen atoms in total. The summed E-state index contributed by atoms with van der Waals surface area (Å²) in [5.41, 5.74) is 1.98. The van der Waals surface area contributed by atoms with Gasteiger partial charge in [0.05, 0.1) is 6.54 Å². The molecule has 1 fully saturated rings. The normalized spacial score (nSPS) is 15.5. The smallest absolute Gasteiger partial charge is 0.224 e. The minimum atomic E-state index is 0.104. The van der Waals surface area contributed by atoms with E-state index >= 15 is 0 Å². The van der Waals surface area contributed by atoms with Crippen LogP contribution in [-0.4, -0.2) is 33.8 Å². The highest BCUT2D eigenvalue weighted by Crippen LogP contribution is 2.18. The first kappa shape index (κ1) is 15.7. The number of carbonyl (C=O) groups is 1. The summed E-state index contributed by atoms with van der Waals surface area (Å²) >= 11 is 0. The fourth-order valence-corrected chi connectivity index (χ4v) is 2.92. The Bertz CT molecular complexity index is 602. The summed E-state index contributed by atoms with van der Waals surface area (Å²) in [6.07, 6.45) is 7.17. The van der Waals surface area contributed by atoms with Crippen LogP contribution < -0.4 is 10.6 Å². The van der Waals surface area contributed by atoms with Crippen LogP contribution >= 0.6 is 0 Å². The third-order valence-electron chi connectivity index (χ3n) is 4.29. The highest BCUT2D eigenvalue weighted by molar-refractivity contribution is 5.90. The van der Waals surface area contributed by atoms with Crippen molar-refractivity contribution in [3.63, 3.8) is 0 Å². The first-order valence-electron chi connectivity index (χ1n) is 8.21. The molecule has 0 unspecified atom stereocenters. The molecule has 6 heteroatoms. The zero-order valence-corrected chi connectivity index (χ0v) is 13.2. The van der Waals surface area contributed by atoms with E-state index < -0.39 is 0 Å². The molecular weight excluding hydrogens is 290 g/mol. The number of nitrogens with one attached hydrogen (secondary N) is 2. The largest absolute Gasteiger partial charge is 0.326 e. The van der Waals surface area contributed by atoms with Crippen LogP contribution in [-0.2, 0) is 11.3 Å². The maximum absolute atomic E-state index is 12.0. The predicted octanol–water partition coefficient (Wildman–Crippen LogP) is 2.04. The topological polar surface area (TPSA) is 71.8 Å². The molecule has 0 saturated carbocycles. The third kappa shape index (κ3) is 4.89. The molecule has 3 rings (SSSR count). The standard InChI is InChI=1S/C17H23N5O/c23-17(6-3-14-7-9-18-10-8-14)21-16-4-1-15(2-5-16)11-22-13-19-12-20-22/h1-2,4-5,12-14,18H,3,6-11H2,(H,21,23). The van der Waals surface area contributed by atoms with Gasteiger partial charge in [-0.3, -0.25) is 4.79 Å². The maximum atomic E-state index is 12.0. The summed E-state index contributed by atoms with van der Waals surface area (Å²) in [6.45, 7) is 2.85. The molecule has 1 saturated heterocycles. The lowest BCUT2D eigenvalue weighted by Gasteiger charge is -2.22. The molecule has 1 aromatic carbocycles. The monoisotopic (exact) mass is 313 g/mol. The van der Waals surface area contributed by atoms with Crippen LogP contribution in [0.25, 0.3) is 0 Å². The second kappa shape index (κ2) is 7.87. The van der Waals surface area contributed by atoms with Crippen molar-refractivity contribution >= 4 is 11.6 Å². The Morgan fingerprint density at radius 3 is 2.74 bits per heavy atom. The number of nitrogens with zero attached hydrogens (tertiary/aromatic N) is 3. The van der Waals surface area contributed by atoms with E-state index in [9.17, 15) is 4.79 Å². The molecule has 23 heavy (non-hydrogen) atoms. The summed E-state index contributed by atoms with van der Waals surface area (Å²) < 4.78 is 1.77. The van der Waals surface area contributed by atoms with E-state index in [1.165, 1.54) is 19.2 Å². The molecule has 1 amide bonds. The van der Waals surface area contributed by atoms with Crippen molar-refractivity contribution in [1.29, 1.82) is 0 Å². The highest BCUT2D eigenvalue weighted by Gasteiger charge is 2.14. The first-order valence-corrected chi connectivity index (χ1v) is 8.21. The molecule has 0 radical (unpaired) electrons. The van der Waals surface area contributed by atoms with Crippen molar-refractivity contribution in [2.75, 3.05) is 18.4 Å². The molecule has 2 aromatic rings. The Labute approximate surface area is 136 Å². The summed E-state index contributed by atoms with van der Waals surface area (Å²) in [5.74, 6) is 0.791. The van der Waals surface area contributed by atoms with Crippen molar-refractivity contribution in [2.24, 2.45) is 5.92 Å². The van der Waals surface area contributed by atoms with Crippen LogP contribution in [0.3, 0.4) is 0 Å². The van der Waals surface area contributed by atoms with Crippen molar-refractivity contribution in [2.45, 2.75) is 32.2 Å². The van der Waals surface area contributed by atoms with Crippen molar-refractivity contribution in [3.05, 3.63) is 42.5 Å². The number of aromatic nitrogens is 3. The van der Waals surface area contributed by atoms with Gasteiger partial charge < -0.3 is 10.6 Å². The average Bonchev–Trinajstić information content (AvgIpc) is 3.09. The van der Waals surface area contributed by atoms with Gasteiger partial charge in [0.1, 0.15) is 12.7 Å². The van der Waals surface area contributed by atoms with Crippen molar-refractivity contribution in [1.82, 2.24) is 20.1 Å². The molecule has 0 bridgehead atoms. The van der Waals surface area contributed by atoms with Gasteiger partial charge in [-0.1, -0.05) is 12.1 Å². The van der Waals surface area contributed by atoms with E-state index in [1.54, 1.807) is 11.0 Å². The summed E-state index contributed by atoms with van der Waals surface area (Å²) in [5, 5.41) is 10.4. The highest BCUT2D eigenvalue weighted by atomic mass is 16.1. The molecule has 2 heterocycles. The van der Waals surface area contributed by atoms with Crippen LogP contribution in [0.5, 0.6) is 0 Å². The van der Waals surface area contributed by atoms with Gasteiger partial charge in [-0.15, -0.1) is 0 Å². The Hall–Kier alpha value is -2.21. The van der Waals surface area contributed by atoms with E-state index in [0.717, 1.165) is 30.8 Å². The molecule has 2 N–H and O–H groups in total. The van der Waals surface area contributed by atoms with Crippen LogP contribution in [0.2, 0.25) is 0 Å². The van der Waals surface area contributed by atoms with Gasteiger partial charge in [0.15, 0.2) is 0 Å². The van der Waals surface area contributed by atoms with Crippen LogP contribution in [0, 0.1) is 5.92 Å². The number of anilines is 1. The third-order valence-corrected chi connectivity index (χ3v) is 4.29. The molecule has 0 aliphatic carbocycles. The van der Waals surface area contributed by atoms with Gasteiger partial charge in [-0.2, -0.15) is 5.10 Å². The summed E-state index contributed by atoms with van der Waals surface area (Å²) in [6, 6.07) is 7.89. The Morgan fingerprint density at radius 1 is 1.26 bits per heavy atom. The lowest BCUT2D eigenvalue weighted by Crippen LogP contribution is -2.28. The number of hydrogen-bond donors (Lipinski definition) is 2. The van der Waals surface area contributed by atoms with Crippen molar-refractivity contribution < 1.29 is 4.79 Å². The van der Waals surface area contributed by atoms with Gasteiger partial charge >= 0.3 is 0 Å². The van der Waals surface area contributed by atoms with Crippen LogP contribution in [0.15, 0.2) is 36.9 Å². The molecule has 0 atom stereocenters. The first-order chi connectivity index (χ1) is 11.3. The second-order valence-corrected chi connectivity index (χ2v) is 6.07. The average molecular weight is 313 g/mol. The van der Waals surface area contributed by atoms with Gasteiger partial charge in [-0.05, 0) is 56.0 Å². The molecular formula is C17H23N5O. The van der Waals surface area contributed by atoms with E-state index in [4.69, 9.17) is 0 Å². The van der Waals surface area contributed by atoms with Gasteiger partial charge in [0.25, 0.3) is 0 Å². The SMILES string of the molecule is O=C(CCC1CCNCC1)Nc1ccc(Cn2cncn2)cc1. The van der Waals surface area contributed by atoms with Crippen LogP contribution in [0.1, 0.15) is 31.2 Å². The minimum Gasteiger partial charge on any atom is -0.326 e. The van der Waals surface area contributed by atoms with E-state index in [-0.39, 0.29) is 5.91 Å². The van der Waals surface area contributed by atoms with E-state index in [2.05, 4.69) is 20.7 Å². The molecule has 1 aliphatic rings. The van der Waals surface area contributed by atoms with Gasteiger partial charge in [0.2, 0.25) is 5.91 Å². The Kier molecular flexibility index (Phi) is 5.37. The zero-order chi connectivity index (χ0) is 15.9. The Balaban J connectivity index is 1.44. The molecule has 0 spiro atoms. The molecule has 1 aromatic heterocycles. The molecule has 122 valence electrons. The predicted molar refractivity (Wildman–Crippen MR) is 89.0 cm³/mol. The van der Waals surface area contributed by atoms with Crippen molar-refractivity contribution in [3.8, 4) is 0 Å². The number of hydrogen-bond acceptors (Lipinski definition) is 4. The lowest BCUT2D eigenvalue weighted by molar-refractivity contribution is -0.116. The fourth-order valence-electron chi connectivity index (χ4n) is 2.92. The summed E-state index contributed by atoms with van der Waals surface area (Å²) in [4.78, 5) is 16.0. The second-order valence-electron chi connectivity index (χ2n) is 6.07. The number of amides is 1. The number of carbonyl (C=O) groups excluding carboxylic acids is 1. The Morgan fingerprint density at radius 2 is 2.04 bits per heavy atom. The van der Waals surface area contributed by atoms with Gasteiger partial charge in [-0.25, -0.2) is 9.67 Å². The maximum Gasteiger partial charge on any atom is 0.224 e. The van der Waals surface area contributed by atoms with E-state index in [1.807, 2.05) is 24.3 Å². The lowest BCUT2D eigenvalue weighted by atomic mass is 9.93. The zero-order valence-electron chi connectivity index (χ0n) is 13.2. The van der Waals surface area contributed by atoms with Crippen LogP contribution in [0.4, 0.5) is 5.69 Å².